The number of hydrogen-bond acceptors (Lipinski definition) is 3. The zero-order valence-electron chi connectivity index (χ0n) is 15.4. The Morgan fingerprint density at radius 1 is 1.07 bits per heavy atom. The summed E-state index contributed by atoms with van der Waals surface area (Å²) in [4.78, 5) is 8.22. The number of hydrogen-bond donors (Lipinski definition) is 0. The number of oxazole rings is 1. The van der Waals surface area contributed by atoms with E-state index in [4.69, 9.17) is 4.42 Å². The van der Waals surface area contributed by atoms with Gasteiger partial charge in [-0.25, -0.2) is 9.56 Å². The van der Waals surface area contributed by atoms with Crippen LogP contribution in [-0.2, 0) is 6.18 Å². The van der Waals surface area contributed by atoms with E-state index in [-0.39, 0.29) is 23.4 Å². The lowest BCUT2D eigenvalue weighted by Crippen LogP contribution is -2.26. The van der Waals surface area contributed by atoms with Crippen LogP contribution in [-0.4, -0.2) is 34.0 Å². The predicted molar refractivity (Wildman–Crippen MR) is 96.0 cm³/mol. The van der Waals surface area contributed by atoms with Crippen molar-refractivity contribution in [1.82, 2.24) is 9.97 Å². The van der Waals surface area contributed by atoms with Gasteiger partial charge in [0, 0.05) is 18.8 Å². The second-order valence-electron chi connectivity index (χ2n) is 6.87. The van der Waals surface area contributed by atoms with Gasteiger partial charge in [-0.05, 0) is 24.3 Å². The molecule has 0 saturated heterocycles. The van der Waals surface area contributed by atoms with Crippen LogP contribution in [0.1, 0.15) is 23.6 Å². The van der Waals surface area contributed by atoms with Crippen LogP contribution in [0.25, 0.3) is 22.6 Å². The van der Waals surface area contributed by atoms with Crippen molar-refractivity contribution in [3.05, 3.63) is 59.4 Å². The largest absolute Gasteiger partial charge is 0.436 e. The summed E-state index contributed by atoms with van der Waals surface area (Å²) in [6, 6.07) is 4.08. The Bertz CT molecular complexity index is 1170. The standard InChI is InChI=1S/C20H14F6N3O/c1-29-10-12(20(24,25)26)2-4-16(29)14-9-27-7-6-13(14)18-28-15-8-11(19(21,22)23)3-5-17(15)30-18/h2-3,5-10,16H,4H2,1H3/q+1. The Morgan fingerprint density at radius 2 is 1.83 bits per heavy atom. The van der Waals surface area contributed by atoms with Gasteiger partial charge in [0.15, 0.2) is 17.8 Å². The molecule has 4 nitrogen and oxygen atoms in total. The van der Waals surface area contributed by atoms with Gasteiger partial charge in [-0.1, -0.05) is 6.08 Å². The fourth-order valence-corrected chi connectivity index (χ4v) is 3.39. The minimum absolute atomic E-state index is 0.0328. The molecule has 0 fully saturated rings. The van der Waals surface area contributed by atoms with E-state index in [1.165, 1.54) is 30.1 Å². The SMILES string of the molecule is C[N+]1=CC(C(F)(F)F)=CCC1c1cnccc1-c1nc2cc(C(F)(F)F)ccc2o1. The van der Waals surface area contributed by atoms with Crippen molar-refractivity contribution in [2.45, 2.75) is 24.8 Å². The summed E-state index contributed by atoms with van der Waals surface area (Å²) in [5.41, 5.74) is -0.390. The van der Waals surface area contributed by atoms with E-state index in [0.29, 0.717) is 11.1 Å². The lowest BCUT2D eigenvalue weighted by Gasteiger charge is -2.19. The van der Waals surface area contributed by atoms with Gasteiger partial charge in [0.05, 0.1) is 16.7 Å². The fraction of sp³-hybridized carbons (Fsp3) is 0.250. The van der Waals surface area contributed by atoms with Gasteiger partial charge in [-0.3, -0.25) is 4.98 Å². The van der Waals surface area contributed by atoms with Crippen LogP contribution in [0, 0.1) is 0 Å². The fourth-order valence-electron chi connectivity index (χ4n) is 3.39. The molecule has 0 spiro atoms. The third-order valence-corrected chi connectivity index (χ3v) is 4.88. The Labute approximate surface area is 166 Å². The molecule has 0 saturated carbocycles. The zero-order valence-corrected chi connectivity index (χ0v) is 15.4. The first-order chi connectivity index (χ1) is 14.0. The smallest absolute Gasteiger partial charge is 0.421 e. The van der Waals surface area contributed by atoms with Crippen molar-refractivity contribution < 1.29 is 35.3 Å². The van der Waals surface area contributed by atoms with Crippen molar-refractivity contribution in [3.8, 4) is 11.5 Å². The first-order valence-corrected chi connectivity index (χ1v) is 8.80. The predicted octanol–water partition coefficient (Wildman–Crippen LogP) is 5.56. The number of benzene rings is 1. The van der Waals surface area contributed by atoms with Gasteiger partial charge < -0.3 is 4.42 Å². The Balaban J connectivity index is 1.75. The van der Waals surface area contributed by atoms with Crippen LogP contribution >= 0.6 is 0 Å². The van der Waals surface area contributed by atoms with Gasteiger partial charge in [0.2, 0.25) is 5.89 Å². The Hall–Kier alpha value is -3.17. The summed E-state index contributed by atoms with van der Waals surface area (Å²) in [6.45, 7) is 0. The molecule has 1 aliphatic rings. The molecule has 0 amide bonds. The van der Waals surface area contributed by atoms with Crippen molar-refractivity contribution in [1.29, 1.82) is 0 Å². The molecular formula is C20H14F6N3O+. The molecule has 30 heavy (non-hydrogen) atoms. The molecule has 4 rings (SSSR count). The number of aromatic nitrogens is 2. The lowest BCUT2D eigenvalue weighted by atomic mass is 9.96. The highest BCUT2D eigenvalue weighted by atomic mass is 19.4. The summed E-state index contributed by atoms with van der Waals surface area (Å²) in [7, 11) is 1.52. The molecule has 0 N–H and O–H groups in total. The van der Waals surface area contributed by atoms with Crippen LogP contribution in [0.2, 0.25) is 0 Å². The zero-order chi connectivity index (χ0) is 21.7. The third-order valence-electron chi connectivity index (χ3n) is 4.88. The van der Waals surface area contributed by atoms with Crippen LogP contribution in [0.5, 0.6) is 0 Å². The van der Waals surface area contributed by atoms with E-state index in [1.54, 1.807) is 6.07 Å². The van der Waals surface area contributed by atoms with Crippen molar-refractivity contribution in [2.75, 3.05) is 7.05 Å². The van der Waals surface area contributed by atoms with Crippen molar-refractivity contribution >= 4 is 17.3 Å². The molecule has 156 valence electrons. The average molecular weight is 426 g/mol. The molecule has 3 heterocycles. The Kier molecular flexibility index (Phi) is 4.67. The maximum absolute atomic E-state index is 13.0. The highest BCUT2D eigenvalue weighted by Gasteiger charge is 2.39. The van der Waals surface area contributed by atoms with Gasteiger partial charge in [0.1, 0.15) is 18.1 Å². The topological polar surface area (TPSA) is 41.9 Å². The number of halogens is 6. The molecule has 1 unspecified atom stereocenters. The molecule has 1 atom stereocenters. The van der Waals surface area contributed by atoms with E-state index in [1.807, 2.05) is 0 Å². The van der Waals surface area contributed by atoms with Gasteiger partial charge in [0.25, 0.3) is 0 Å². The highest BCUT2D eigenvalue weighted by Crippen LogP contribution is 2.37. The molecule has 3 aromatic rings. The highest BCUT2D eigenvalue weighted by molar-refractivity contribution is 5.79. The molecule has 0 bridgehead atoms. The van der Waals surface area contributed by atoms with E-state index in [2.05, 4.69) is 9.97 Å². The van der Waals surface area contributed by atoms with Crippen LogP contribution in [0.15, 0.2) is 52.7 Å². The lowest BCUT2D eigenvalue weighted by molar-refractivity contribution is -0.541. The second kappa shape index (κ2) is 6.96. The number of fused-ring (bicyclic) bond motifs is 1. The molecule has 0 radical (unpaired) electrons. The second-order valence-corrected chi connectivity index (χ2v) is 6.87. The van der Waals surface area contributed by atoms with Crippen molar-refractivity contribution in [3.63, 3.8) is 0 Å². The van der Waals surface area contributed by atoms with Gasteiger partial charge in [-0.2, -0.15) is 26.3 Å². The van der Waals surface area contributed by atoms with Crippen LogP contribution in [0.3, 0.4) is 0 Å². The van der Waals surface area contributed by atoms with E-state index < -0.39 is 29.5 Å². The summed E-state index contributed by atoms with van der Waals surface area (Å²) in [5, 5.41) is 0. The molecular weight excluding hydrogens is 412 g/mol. The molecule has 1 aliphatic heterocycles. The van der Waals surface area contributed by atoms with Crippen LogP contribution < -0.4 is 0 Å². The third kappa shape index (κ3) is 3.69. The summed E-state index contributed by atoms with van der Waals surface area (Å²) < 4.78 is 84.8. The number of nitrogens with zero attached hydrogens (tertiary/aromatic N) is 3. The van der Waals surface area contributed by atoms with Crippen molar-refractivity contribution in [2.24, 2.45) is 0 Å². The monoisotopic (exact) mass is 426 g/mol. The quantitative estimate of drug-likeness (QED) is 0.398. The molecule has 2 aromatic heterocycles. The minimum Gasteiger partial charge on any atom is -0.436 e. The first-order valence-electron chi connectivity index (χ1n) is 8.80. The average Bonchev–Trinajstić information content (AvgIpc) is 3.10. The maximum atomic E-state index is 13.0. The van der Waals surface area contributed by atoms with Gasteiger partial charge >= 0.3 is 12.4 Å². The molecule has 10 heteroatoms. The maximum Gasteiger partial charge on any atom is 0.421 e. The summed E-state index contributed by atoms with van der Waals surface area (Å²) >= 11 is 0. The first kappa shape index (κ1) is 20.1. The summed E-state index contributed by atoms with van der Waals surface area (Å²) in [6.07, 6.45) is -3.84. The minimum atomic E-state index is -4.52. The van der Waals surface area contributed by atoms with E-state index in [0.717, 1.165) is 24.4 Å². The normalized spacial score (nSPS) is 17.8. The van der Waals surface area contributed by atoms with Crippen LogP contribution in [0.4, 0.5) is 26.3 Å². The summed E-state index contributed by atoms with van der Waals surface area (Å²) in [5.74, 6) is 0.0701. The number of pyridine rings is 1. The molecule has 0 aliphatic carbocycles. The Morgan fingerprint density at radius 3 is 2.50 bits per heavy atom. The number of alkyl halides is 6. The van der Waals surface area contributed by atoms with E-state index in [9.17, 15) is 26.3 Å². The number of rotatable bonds is 2. The number of allylic oxidation sites excluding steroid dienone is 1. The molecule has 1 aromatic carbocycles. The van der Waals surface area contributed by atoms with E-state index >= 15 is 0 Å². The van der Waals surface area contributed by atoms with Gasteiger partial charge in [-0.15, -0.1) is 0 Å².